The highest BCUT2D eigenvalue weighted by Crippen LogP contribution is 2.46. The molecule has 1 atom stereocenters. The van der Waals surface area contributed by atoms with Crippen LogP contribution in [0.1, 0.15) is 17.4 Å². The van der Waals surface area contributed by atoms with Gasteiger partial charge in [0.2, 0.25) is 0 Å². The van der Waals surface area contributed by atoms with E-state index >= 15 is 0 Å². The highest BCUT2D eigenvalue weighted by Gasteiger charge is 2.49. The summed E-state index contributed by atoms with van der Waals surface area (Å²) >= 11 is 12.4. The van der Waals surface area contributed by atoms with E-state index in [4.69, 9.17) is 41.8 Å². The molecule has 1 saturated heterocycles. The first-order valence-corrected chi connectivity index (χ1v) is 10.9. The van der Waals surface area contributed by atoms with Gasteiger partial charge in [0.15, 0.2) is 11.5 Å². The van der Waals surface area contributed by atoms with E-state index in [9.17, 15) is 14.7 Å². The zero-order valence-corrected chi connectivity index (χ0v) is 19.2. The molecule has 1 unspecified atom stereocenters. The van der Waals surface area contributed by atoms with Crippen LogP contribution < -0.4 is 19.1 Å². The monoisotopic (exact) mass is 501 g/mol. The number of methoxy groups -OCH3 is 1. The molecular weight excluding hydrogens is 485 g/mol. The minimum atomic E-state index is -1.07. The quantitative estimate of drug-likeness (QED) is 0.305. The Morgan fingerprint density at radius 3 is 2.56 bits per heavy atom. The van der Waals surface area contributed by atoms with E-state index in [0.717, 1.165) is 0 Å². The summed E-state index contributed by atoms with van der Waals surface area (Å²) in [5.74, 6) is -0.929. The Bertz CT molecular complexity index is 1330. The van der Waals surface area contributed by atoms with Crippen molar-refractivity contribution >= 4 is 46.3 Å². The zero-order chi connectivity index (χ0) is 24.0. The highest BCUT2D eigenvalue weighted by molar-refractivity contribution is 6.51. The maximum absolute atomic E-state index is 13.3. The first kappa shape index (κ1) is 22.2. The number of furan rings is 1. The minimum Gasteiger partial charge on any atom is -0.507 e. The molecule has 1 fully saturated rings. The van der Waals surface area contributed by atoms with Crippen molar-refractivity contribution in [3.63, 3.8) is 0 Å². The molecule has 2 aromatic carbocycles. The summed E-state index contributed by atoms with van der Waals surface area (Å²) in [6, 6.07) is 9.89. The predicted molar refractivity (Wildman–Crippen MR) is 124 cm³/mol. The summed E-state index contributed by atoms with van der Waals surface area (Å²) < 4.78 is 22.1. The largest absolute Gasteiger partial charge is 0.507 e. The number of anilines is 1. The number of aliphatic hydroxyl groups is 1. The first-order chi connectivity index (χ1) is 16.4. The summed E-state index contributed by atoms with van der Waals surface area (Å²) in [7, 11) is 1.36. The maximum atomic E-state index is 13.3. The third-order valence-electron chi connectivity index (χ3n) is 5.53. The zero-order valence-electron chi connectivity index (χ0n) is 17.7. The van der Waals surface area contributed by atoms with Crippen molar-refractivity contribution in [2.24, 2.45) is 0 Å². The Morgan fingerprint density at radius 1 is 1.09 bits per heavy atom. The van der Waals surface area contributed by atoms with Gasteiger partial charge in [-0.1, -0.05) is 23.2 Å². The fourth-order valence-electron chi connectivity index (χ4n) is 4.09. The van der Waals surface area contributed by atoms with E-state index in [1.54, 1.807) is 30.3 Å². The first-order valence-electron chi connectivity index (χ1n) is 10.2. The standard InChI is InChI=1S/C24H17Cl2NO7/c1-31-23-14(9-12(25)10-15(23)26)21(28)19-20(17-3-2-6-32-17)27(24(30)22(19)29)13-4-5-16-18(11-13)34-8-7-33-16/h2-6,9-11,20,28H,7-8H2,1H3/b21-19-. The Hall–Kier alpha value is -3.62. The summed E-state index contributed by atoms with van der Waals surface area (Å²) in [5.41, 5.74) is 0.228. The molecule has 10 heteroatoms. The van der Waals surface area contributed by atoms with Crippen molar-refractivity contribution in [3.8, 4) is 17.2 Å². The number of benzene rings is 2. The third-order valence-corrected chi connectivity index (χ3v) is 6.03. The van der Waals surface area contributed by atoms with Gasteiger partial charge in [-0.2, -0.15) is 0 Å². The maximum Gasteiger partial charge on any atom is 0.300 e. The Balaban J connectivity index is 1.71. The fraction of sp³-hybridized carbons (Fsp3) is 0.167. The molecule has 34 heavy (non-hydrogen) atoms. The van der Waals surface area contributed by atoms with Crippen LogP contribution in [0.15, 0.2) is 58.7 Å². The highest BCUT2D eigenvalue weighted by atomic mass is 35.5. The second-order valence-corrected chi connectivity index (χ2v) is 8.32. The number of carbonyl (C=O) groups excluding carboxylic acids is 2. The Morgan fingerprint density at radius 2 is 1.85 bits per heavy atom. The molecule has 8 nitrogen and oxygen atoms in total. The molecule has 3 aromatic rings. The lowest BCUT2D eigenvalue weighted by molar-refractivity contribution is -0.132. The van der Waals surface area contributed by atoms with Crippen molar-refractivity contribution in [1.82, 2.24) is 0 Å². The third kappa shape index (κ3) is 3.55. The molecule has 1 N–H and O–H groups in total. The van der Waals surface area contributed by atoms with Gasteiger partial charge in [0.05, 0.1) is 29.5 Å². The minimum absolute atomic E-state index is 0.0664. The van der Waals surface area contributed by atoms with E-state index in [2.05, 4.69) is 0 Å². The van der Waals surface area contributed by atoms with Crippen LogP contribution in [-0.4, -0.2) is 37.1 Å². The van der Waals surface area contributed by atoms with Crippen LogP contribution >= 0.6 is 23.2 Å². The Labute approximate surface area is 203 Å². The SMILES string of the molecule is COc1c(Cl)cc(Cl)cc1/C(O)=C1/C(=O)C(=O)N(c2ccc3c(c2)OCCO3)C1c1ccco1. The van der Waals surface area contributed by atoms with E-state index in [1.165, 1.54) is 30.4 Å². The number of fused-ring (bicyclic) bond motifs is 1. The van der Waals surface area contributed by atoms with E-state index in [1.807, 2.05) is 0 Å². The number of Topliss-reactive ketones (excluding diaryl/α,β-unsaturated/α-hetero) is 1. The lowest BCUT2D eigenvalue weighted by Gasteiger charge is -2.25. The van der Waals surface area contributed by atoms with Crippen molar-refractivity contribution in [2.45, 2.75) is 6.04 Å². The van der Waals surface area contributed by atoms with Crippen molar-refractivity contribution < 1.29 is 33.3 Å². The molecule has 0 saturated carbocycles. The summed E-state index contributed by atoms with van der Waals surface area (Å²) in [6.45, 7) is 0.763. The van der Waals surface area contributed by atoms with Gasteiger partial charge in [-0.3, -0.25) is 14.5 Å². The van der Waals surface area contributed by atoms with Crippen molar-refractivity contribution in [1.29, 1.82) is 0 Å². The number of rotatable bonds is 4. The summed E-state index contributed by atoms with van der Waals surface area (Å²) in [5, 5.41) is 11.6. The van der Waals surface area contributed by atoms with Gasteiger partial charge < -0.3 is 23.7 Å². The normalized spacial score (nSPS) is 18.9. The molecule has 1 amide bonds. The number of hydrogen-bond donors (Lipinski definition) is 1. The van der Waals surface area contributed by atoms with E-state index in [0.29, 0.717) is 30.4 Å². The van der Waals surface area contributed by atoms with Crippen LogP contribution in [0.25, 0.3) is 5.76 Å². The molecule has 0 spiro atoms. The van der Waals surface area contributed by atoms with E-state index < -0.39 is 23.5 Å². The lowest BCUT2D eigenvalue weighted by atomic mass is 9.98. The van der Waals surface area contributed by atoms with Gasteiger partial charge in [0.1, 0.15) is 36.5 Å². The van der Waals surface area contributed by atoms with Crippen LogP contribution in [-0.2, 0) is 9.59 Å². The summed E-state index contributed by atoms with van der Waals surface area (Å²) in [6.07, 6.45) is 1.41. The molecule has 0 aliphatic carbocycles. The smallest absolute Gasteiger partial charge is 0.300 e. The molecule has 174 valence electrons. The molecule has 2 aliphatic rings. The second kappa shape index (κ2) is 8.62. The van der Waals surface area contributed by atoms with Crippen LogP contribution in [0.3, 0.4) is 0 Å². The van der Waals surface area contributed by atoms with Crippen molar-refractivity contribution in [2.75, 3.05) is 25.2 Å². The molecule has 0 radical (unpaired) electrons. The van der Waals surface area contributed by atoms with Gasteiger partial charge >= 0.3 is 0 Å². The van der Waals surface area contributed by atoms with Gasteiger partial charge in [-0.05, 0) is 36.4 Å². The second-order valence-electron chi connectivity index (χ2n) is 7.48. The average Bonchev–Trinajstić information content (AvgIpc) is 3.45. The number of hydrogen-bond acceptors (Lipinski definition) is 7. The number of ether oxygens (including phenoxy) is 3. The molecule has 5 rings (SSSR count). The Kier molecular flexibility index (Phi) is 5.63. The van der Waals surface area contributed by atoms with E-state index in [-0.39, 0.29) is 32.7 Å². The van der Waals surface area contributed by atoms with Crippen LogP contribution in [0.2, 0.25) is 10.0 Å². The van der Waals surface area contributed by atoms with Crippen molar-refractivity contribution in [3.05, 3.63) is 75.7 Å². The molecule has 0 bridgehead atoms. The summed E-state index contributed by atoms with van der Waals surface area (Å²) in [4.78, 5) is 27.7. The number of amides is 1. The molecule has 1 aromatic heterocycles. The van der Waals surface area contributed by atoms with Gasteiger partial charge in [-0.15, -0.1) is 0 Å². The van der Waals surface area contributed by atoms with Crippen LogP contribution in [0.4, 0.5) is 5.69 Å². The number of ketones is 1. The van der Waals surface area contributed by atoms with Gasteiger partial charge in [0, 0.05) is 16.8 Å². The number of halogens is 2. The van der Waals surface area contributed by atoms with Crippen LogP contribution in [0, 0.1) is 0 Å². The molecule has 2 aliphatic heterocycles. The molecule has 3 heterocycles. The number of aliphatic hydroxyl groups excluding tert-OH is 1. The van der Waals surface area contributed by atoms with Gasteiger partial charge in [-0.25, -0.2) is 0 Å². The predicted octanol–water partition coefficient (Wildman–Crippen LogP) is 4.99. The fourth-order valence-corrected chi connectivity index (χ4v) is 4.66. The van der Waals surface area contributed by atoms with Gasteiger partial charge in [0.25, 0.3) is 11.7 Å². The molecular formula is C24H17Cl2NO7. The van der Waals surface area contributed by atoms with Crippen LogP contribution in [0.5, 0.6) is 17.2 Å². The lowest BCUT2D eigenvalue weighted by Crippen LogP contribution is -2.29. The number of nitrogens with zero attached hydrogens (tertiary/aromatic N) is 1. The number of carbonyl (C=O) groups is 2. The topological polar surface area (TPSA) is 98.4 Å². The average molecular weight is 502 g/mol.